The Kier molecular flexibility index (Phi) is 5.76. The molecular weight excluding hydrogens is 332 g/mol. The molecule has 25 heavy (non-hydrogen) atoms. The number of benzene rings is 2. The number of likely N-dealkylation sites (tertiary alicyclic amines) is 1. The molecule has 0 saturated carbocycles. The molecule has 5 heteroatoms. The number of Topliss-reactive ketones (excluding diaryl/α,β-unsaturated/α-hetero) is 1. The van der Waals surface area contributed by atoms with Gasteiger partial charge >= 0.3 is 6.03 Å². The predicted octanol–water partition coefficient (Wildman–Crippen LogP) is 4.54. The number of urea groups is 1. The first-order valence-corrected chi connectivity index (χ1v) is 9.69. The number of carbonyl (C=O) groups excluding carboxylic acids is 2. The summed E-state index contributed by atoms with van der Waals surface area (Å²) >= 11 is 1.67. The third-order valence-electron chi connectivity index (χ3n) is 4.55. The van der Waals surface area contributed by atoms with Crippen molar-refractivity contribution in [1.29, 1.82) is 0 Å². The molecule has 1 N–H and O–H groups in total. The van der Waals surface area contributed by atoms with Crippen LogP contribution in [-0.2, 0) is 0 Å². The van der Waals surface area contributed by atoms with Crippen molar-refractivity contribution < 1.29 is 9.59 Å². The van der Waals surface area contributed by atoms with Crippen molar-refractivity contribution in [3.05, 3.63) is 60.2 Å². The number of piperidine rings is 1. The Balaban J connectivity index is 1.53. The van der Waals surface area contributed by atoms with Crippen molar-refractivity contribution in [3.8, 4) is 0 Å². The van der Waals surface area contributed by atoms with E-state index in [1.54, 1.807) is 16.7 Å². The highest BCUT2D eigenvalue weighted by Gasteiger charge is 2.27. The zero-order valence-corrected chi connectivity index (χ0v) is 15.1. The van der Waals surface area contributed by atoms with Gasteiger partial charge < -0.3 is 10.2 Å². The number of carbonyl (C=O) groups is 2. The number of nitrogens with zero attached hydrogens (tertiary/aromatic N) is 1. The van der Waals surface area contributed by atoms with Crippen LogP contribution in [0.15, 0.2) is 59.5 Å². The first-order chi connectivity index (χ1) is 12.2. The minimum Gasteiger partial charge on any atom is -0.324 e. The number of hydrogen-bond donors (Lipinski definition) is 1. The largest absolute Gasteiger partial charge is 0.324 e. The number of amides is 2. The Morgan fingerprint density at radius 2 is 1.64 bits per heavy atom. The van der Waals surface area contributed by atoms with E-state index in [2.05, 4.69) is 5.32 Å². The molecule has 0 bridgehead atoms. The summed E-state index contributed by atoms with van der Waals surface area (Å²) in [4.78, 5) is 27.9. The molecule has 1 fully saturated rings. The Morgan fingerprint density at radius 3 is 2.24 bits per heavy atom. The first kappa shape index (κ1) is 17.5. The van der Waals surface area contributed by atoms with Gasteiger partial charge in [0.05, 0.1) is 0 Å². The molecule has 1 saturated heterocycles. The number of rotatable bonds is 4. The number of thioether (sulfide) groups is 1. The van der Waals surface area contributed by atoms with Crippen LogP contribution in [0.3, 0.4) is 0 Å². The fraction of sp³-hybridized carbons (Fsp3) is 0.300. The molecule has 4 nitrogen and oxygen atoms in total. The number of hydrogen-bond acceptors (Lipinski definition) is 3. The minimum absolute atomic E-state index is 0.00677. The van der Waals surface area contributed by atoms with E-state index in [1.807, 2.05) is 60.9 Å². The van der Waals surface area contributed by atoms with Gasteiger partial charge in [-0.2, -0.15) is 0 Å². The third-order valence-corrected chi connectivity index (χ3v) is 5.30. The van der Waals surface area contributed by atoms with E-state index in [-0.39, 0.29) is 17.7 Å². The van der Waals surface area contributed by atoms with E-state index in [4.69, 9.17) is 0 Å². The highest BCUT2D eigenvalue weighted by atomic mass is 32.2. The summed E-state index contributed by atoms with van der Waals surface area (Å²) in [6.45, 7) is 1.22. The molecule has 0 atom stereocenters. The maximum absolute atomic E-state index is 12.5. The van der Waals surface area contributed by atoms with Gasteiger partial charge in [0.2, 0.25) is 0 Å². The average Bonchev–Trinajstić information content (AvgIpc) is 2.69. The second-order valence-corrected chi connectivity index (χ2v) is 7.03. The van der Waals surface area contributed by atoms with E-state index >= 15 is 0 Å². The molecule has 2 aromatic carbocycles. The Hall–Kier alpha value is -2.27. The monoisotopic (exact) mass is 354 g/mol. The smallest absolute Gasteiger partial charge is 0.321 e. The average molecular weight is 354 g/mol. The lowest BCUT2D eigenvalue weighted by Crippen LogP contribution is -2.42. The summed E-state index contributed by atoms with van der Waals surface area (Å²) in [5.74, 6) is 0.195. The van der Waals surface area contributed by atoms with Gasteiger partial charge in [0.1, 0.15) is 0 Å². The van der Waals surface area contributed by atoms with Crippen molar-refractivity contribution in [2.75, 3.05) is 24.7 Å². The molecule has 0 aliphatic carbocycles. The maximum atomic E-state index is 12.5. The molecule has 1 aliphatic heterocycles. The minimum atomic E-state index is -0.0949. The molecule has 3 rings (SSSR count). The Morgan fingerprint density at radius 1 is 1.00 bits per heavy atom. The van der Waals surface area contributed by atoms with Crippen LogP contribution in [0.4, 0.5) is 10.5 Å². The van der Waals surface area contributed by atoms with Crippen LogP contribution in [0.1, 0.15) is 23.2 Å². The molecule has 0 aromatic heterocycles. The quantitative estimate of drug-likeness (QED) is 0.648. The molecule has 0 unspecified atom stereocenters. The van der Waals surface area contributed by atoms with Crippen molar-refractivity contribution in [3.63, 3.8) is 0 Å². The van der Waals surface area contributed by atoms with Crippen LogP contribution in [0.2, 0.25) is 0 Å². The van der Waals surface area contributed by atoms with Gasteiger partial charge in [-0.3, -0.25) is 4.79 Å². The van der Waals surface area contributed by atoms with Crippen molar-refractivity contribution in [1.82, 2.24) is 4.90 Å². The molecular formula is C20H22N2O2S. The zero-order chi connectivity index (χ0) is 17.6. The fourth-order valence-corrected chi connectivity index (χ4v) is 3.47. The molecule has 1 aliphatic rings. The highest BCUT2D eigenvalue weighted by Crippen LogP contribution is 2.23. The molecule has 1 heterocycles. The zero-order valence-electron chi connectivity index (χ0n) is 14.3. The van der Waals surface area contributed by atoms with Crippen molar-refractivity contribution >= 4 is 29.3 Å². The normalized spacial score (nSPS) is 15.0. The van der Waals surface area contributed by atoms with Crippen LogP contribution < -0.4 is 5.32 Å². The van der Waals surface area contributed by atoms with Gasteiger partial charge in [-0.05, 0) is 43.4 Å². The Labute approximate surface area is 152 Å². The summed E-state index contributed by atoms with van der Waals surface area (Å²) in [6.07, 6.45) is 3.45. The second-order valence-electron chi connectivity index (χ2n) is 6.15. The summed E-state index contributed by atoms with van der Waals surface area (Å²) in [5.41, 5.74) is 1.56. The van der Waals surface area contributed by atoms with E-state index in [9.17, 15) is 9.59 Å². The van der Waals surface area contributed by atoms with E-state index in [1.165, 1.54) is 4.90 Å². The molecule has 2 amide bonds. The molecule has 0 spiro atoms. The summed E-state index contributed by atoms with van der Waals surface area (Å²) < 4.78 is 0. The summed E-state index contributed by atoms with van der Waals surface area (Å²) in [7, 11) is 0. The SMILES string of the molecule is CSc1ccc(NC(=O)N2CCC(C(=O)c3ccccc3)CC2)cc1. The lowest BCUT2D eigenvalue weighted by molar-refractivity contribution is 0.0859. The van der Waals surface area contributed by atoms with Gasteiger partial charge in [-0.25, -0.2) is 4.79 Å². The molecule has 130 valence electrons. The first-order valence-electron chi connectivity index (χ1n) is 8.46. The van der Waals surface area contributed by atoms with Crippen LogP contribution >= 0.6 is 11.8 Å². The lowest BCUT2D eigenvalue weighted by Gasteiger charge is -2.31. The Bertz CT molecular complexity index is 723. The van der Waals surface area contributed by atoms with Gasteiger partial charge in [0.25, 0.3) is 0 Å². The molecule has 0 radical (unpaired) electrons. The van der Waals surface area contributed by atoms with Gasteiger partial charge in [0, 0.05) is 35.2 Å². The van der Waals surface area contributed by atoms with Gasteiger partial charge in [-0.15, -0.1) is 11.8 Å². The lowest BCUT2D eigenvalue weighted by atomic mass is 9.89. The van der Waals surface area contributed by atoms with Crippen molar-refractivity contribution in [2.24, 2.45) is 5.92 Å². The summed E-state index contributed by atoms with van der Waals surface area (Å²) in [6, 6.07) is 17.1. The number of ketones is 1. The fourth-order valence-electron chi connectivity index (χ4n) is 3.06. The molecule has 2 aromatic rings. The van der Waals surface area contributed by atoms with E-state index in [0.29, 0.717) is 25.9 Å². The van der Waals surface area contributed by atoms with Crippen LogP contribution in [0.5, 0.6) is 0 Å². The maximum Gasteiger partial charge on any atom is 0.321 e. The van der Waals surface area contributed by atoms with E-state index in [0.717, 1.165) is 11.3 Å². The summed E-state index contributed by atoms with van der Waals surface area (Å²) in [5, 5.41) is 2.93. The number of anilines is 1. The van der Waals surface area contributed by atoms with Gasteiger partial charge in [0.15, 0.2) is 5.78 Å². The topological polar surface area (TPSA) is 49.4 Å². The van der Waals surface area contributed by atoms with Crippen molar-refractivity contribution in [2.45, 2.75) is 17.7 Å². The second kappa shape index (κ2) is 8.21. The van der Waals surface area contributed by atoms with E-state index < -0.39 is 0 Å². The standard InChI is InChI=1S/C20H22N2O2S/c1-25-18-9-7-17(8-10-18)21-20(24)22-13-11-16(12-14-22)19(23)15-5-3-2-4-6-15/h2-10,16H,11-14H2,1H3,(H,21,24). The van der Waals surface area contributed by atoms with Crippen LogP contribution in [0, 0.1) is 5.92 Å². The number of nitrogens with one attached hydrogen (secondary N) is 1. The third kappa shape index (κ3) is 4.42. The predicted molar refractivity (Wildman–Crippen MR) is 102 cm³/mol. The van der Waals surface area contributed by atoms with Crippen LogP contribution in [0.25, 0.3) is 0 Å². The highest BCUT2D eigenvalue weighted by molar-refractivity contribution is 7.98. The van der Waals surface area contributed by atoms with Gasteiger partial charge in [-0.1, -0.05) is 30.3 Å². The van der Waals surface area contributed by atoms with Crippen LogP contribution in [-0.4, -0.2) is 36.1 Å².